The van der Waals surface area contributed by atoms with E-state index in [1.165, 1.54) is 6.07 Å². The van der Waals surface area contributed by atoms with Gasteiger partial charge in [0.05, 0.1) is 5.69 Å². The van der Waals surface area contributed by atoms with Crippen molar-refractivity contribution in [3.05, 3.63) is 18.2 Å². The van der Waals surface area contributed by atoms with Crippen LogP contribution in [-0.2, 0) is 10.0 Å². The zero-order valence-corrected chi connectivity index (χ0v) is 12.1. The van der Waals surface area contributed by atoms with Crippen LogP contribution in [0.5, 0.6) is 5.75 Å². The van der Waals surface area contributed by atoms with Crippen molar-refractivity contribution in [2.75, 3.05) is 32.0 Å². The van der Waals surface area contributed by atoms with E-state index in [-0.39, 0.29) is 10.6 Å². The highest BCUT2D eigenvalue weighted by molar-refractivity contribution is 7.89. The van der Waals surface area contributed by atoms with Crippen LogP contribution >= 0.6 is 0 Å². The molecule has 0 saturated heterocycles. The maximum Gasteiger partial charge on any atom is 0.240 e. The number of para-hydroxylation sites is 1. The van der Waals surface area contributed by atoms with Gasteiger partial charge in [-0.2, -0.15) is 0 Å². The number of hydrogen-bond acceptors (Lipinski definition) is 5. The summed E-state index contributed by atoms with van der Waals surface area (Å²) in [5, 5.41) is 5.07. The smallest absolute Gasteiger partial charge is 0.240 e. The molecule has 0 spiro atoms. The lowest BCUT2D eigenvalue weighted by Gasteiger charge is -2.18. The van der Waals surface area contributed by atoms with Gasteiger partial charge in [-0.1, -0.05) is 19.9 Å². The molecule has 1 aromatic rings. The summed E-state index contributed by atoms with van der Waals surface area (Å²) in [6.07, 6.45) is 0. The van der Waals surface area contributed by atoms with E-state index >= 15 is 0 Å². The molecule has 108 valence electrons. The predicted octanol–water partition coefficient (Wildman–Crippen LogP) is 0.637. The molecule has 0 radical (unpaired) electrons. The van der Waals surface area contributed by atoms with E-state index < -0.39 is 10.0 Å². The Morgan fingerprint density at radius 3 is 2.42 bits per heavy atom. The Hall–Kier alpha value is -1.31. The molecule has 19 heavy (non-hydrogen) atoms. The average Bonchev–Trinajstić information content (AvgIpc) is 2.35. The summed E-state index contributed by atoms with van der Waals surface area (Å²) in [5.41, 5.74) is 5.81. The second kappa shape index (κ2) is 6.74. The van der Waals surface area contributed by atoms with Crippen molar-refractivity contribution >= 4 is 15.7 Å². The van der Waals surface area contributed by atoms with E-state index in [4.69, 9.17) is 15.6 Å². The van der Waals surface area contributed by atoms with E-state index in [2.05, 4.69) is 18.7 Å². The number of benzene rings is 1. The van der Waals surface area contributed by atoms with Crippen molar-refractivity contribution in [3.63, 3.8) is 0 Å². The number of primary sulfonamides is 1. The molecular formula is C12H21N3O3S. The topological polar surface area (TPSA) is 98.6 Å². The Kier molecular flexibility index (Phi) is 5.59. The first kappa shape index (κ1) is 15.7. The quantitative estimate of drug-likeness (QED) is 0.717. The number of nitrogens with zero attached hydrogens (tertiary/aromatic N) is 1. The fourth-order valence-electron chi connectivity index (χ4n) is 1.72. The Labute approximate surface area is 114 Å². The first-order valence-corrected chi connectivity index (χ1v) is 7.71. The normalized spacial score (nSPS) is 11.8. The lowest BCUT2D eigenvalue weighted by atomic mass is 10.3. The van der Waals surface area contributed by atoms with Crippen LogP contribution in [0.4, 0.5) is 5.69 Å². The molecular weight excluding hydrogens is 266 g/mol. The Balaban J connectivity index is 2.75. The van der Waals surface area contributed by atoms with Crippen molar-refractivity contribution < 1.29 is 13.2 Å². The standard InChI is InChI=1S/C12H21N3O3S/c1-3-15(4-2)8-9-18-10-6-5-7-11(12(10)13)19(14,16)17/h5-7H,3-4,8-9,13H2,1-2H3,(H2,14,16,17). The van der Waals surface area contributed by atoms with Gasteiger partial charge in [0.1, 0.15) is 17.3 Å². The van der Waals surface area contributed by atoms with Gasteiger partial charge in [-0.05, 0) is 25.2 Å². The van der Waals surface area contributed by atoms with Crippen LogP contribution in [0.25, 0.3) is 0 Å². The van der Waals surface area contributed by atoms with E-state index in [1.807, 2.05) is 0 Å². The average molecular weight is 287 g/mol. The van der Waals surface area contributed by atoms with E-state index in [9.17, 15) is 8.42 Å². The van der Waals surface area contributed by atoms with E-state index in [0.717, 1.165) is 19.6 Å². The lowest BCUT2D eigenvalue weighted by molar-refractivity contribution is 0.223. The number of hydrogen-bond donors (Lipinski definition) is 2. The van der Waals surface area contributed by atoms with Crippen LogP contribution in [0.2, 0.25) is 0 Å². The van der Waals surface area contributed by atoms with Gasteiger partial charge < -0.3 is 15.4 Å². The minimum Gasteiger partial charge on any atom is -0.490 e. The van der Waals surface area contributed by atoms with Crippen LogP contribution in [-0.4, -0.2) is 39.6 Å². The predicted molar refractivity (Wildman–Crippen MR) is 75.5 cm³/mol. The Bertz CT molecular complexity index is 513. The van der Waals surface area contributed by atoms with Gasteiger partial charge in [0, 0.05) is 6.54 Å². The summed E-state index contributed by atoms with van der Waals surface area (Å²) >= 11 is 0. The van der Waals surface area contributed by atoms with Crippen molar-refractivity contribution in [2.45, 2.75) is 18.7 Å². The highest BCUT2D eigenvalue weighted by Crippen LogP contribution is 2.27. The largest absolute Gasteiger partial charge is 0.490 e. The summed E-state index contributed by atoms with van der Waals surface area (Å²) in [6, 6.07) is 4.55. The fourth-order valence-corrected chi connectivity index (χ4v) is 2.40. The van der Waals surface area contributed by atoms with Gasteiger partial charge in [0.15, 0.2) is 0 Å². The zero-order chi connectivity index (χ0) is 14.5. The molecule has 1 rings (SSSR count). The van der Waals surface area contributed by atoms with Crippen LogP contribution in [0.3, 0.4) is 0 Å². The second-order valence-electron chi connectivity index (χ2n) is 4.09. The Morgan fingerprint density at radius 2 is 1.89 bits per heavy atom. The molecule has 0 aromatic heterocycles. The van der Waals surface area contributed by atoms with Crippen molar-refractivity contribution in [1.29, 1.82) is 0 Å². The molecule has 1 aromatic carbocycles. The molecule has 0 fully saturated rings. The molecule has 0 bridgehead atoms. The maximum atomic E-state index is 11.3. The molecule has 0 atom stereocenters. The van der Waals surface area contributed by atoms with Crippen molar-refractivity contribution in [2.24, 2.45) is 5.14 Å². The van der Waals surface area contributed by atoms with E-state index in [0.29, 0.717) is 12.4 Å². The molecule has 6 nitrogen and oxygen atoms in total. The summed E-state index contributed by atoms with van der Waals surface area (Å²) in [6.45, 7) is 7.21. The summed E-state index contributed by atoms with van der Waals surface area (Å²) in [5.74, 6) is 0.346. The SMILES string of the molecule is CCN(CC)CCOc1cccc(S(N)(=O)=O)c1N. The van der Waals surface area contributed by atoms with Crippen molar-refractivity contribution in [3.8, 4) is 5.75 Å². The number of nitrogens with two attached hydrogens (primary N) is 2. The summed E-state index contributed by atoms with van der Waals surface area (Å²) in [7, 11) is -3.82. The third-order valence-corrected chi connectivity index (χ3v) is 3.86. The van der Waals surface area contributed by atoms with E-state index in [1.54, 1.807) is 12.1 Å². The van der Waals surface area contributed by atoms with Gasteiger partial charge in [0.25, 0.3) is 0 Å². The van der Waals surface area contributed by atoms with Gasteiger partial charge in [-0.25, -0.2) is 13.6 Å². The highest BCUT2D eigenvalue weighted by atomic mass is 32.2. The third-order valence-electron chi connectivity index (χ3n) is 2.89. The first-order chi connectivity index (χ1) is 8.90. The number of ether oxygens (including phenoxy) is 1. The van der Waals surface area contributed by atoms with Crippen LogP contribution in [0.15, 0.2) is 23.1 Å². The molecule has 0 aliphatic rings. The van der Waals surface area contributed by atoms with Crippen molar-refractivity contribution in [1.82, 2.24) is 4.90 Å². The van der Waals surface area contributed by atoms with Gasteiger partial charge in [0.2, 0.25) is 10.0 Å². The molecule has 0 saturated carbocycles. The number of anilines is 1. The molecule has 0 heterocycles. The molecule has 0 aliphatic carbocycles. The molecule has 0 amide bonds. The molecule has 7 heteroatoms. The fraction of sp³-hybridized carbons (Fsp3) is 0.500. The number of rotatable bonds is 7. The van der Waals surface area contributed by atoms with Gasteiger partial charge in [-0.15, -0.1) is 0 Å². The van der Waals surface area contributed by atoms with Gasteiger partial charge in [-0.3, -0.25) is 0 Å². The number of likely N-dealkylation sites (N-methyl/N-ethyl adjacent to an activating group) is 1. The third kappa shape index (κ3) is 4.38. The first-order valence-electron chi connectivity index (χ1n) is 6.16. The Morgan fingerprint density at radius 1 is 1.26 bits per heavy atom. The summed E-state index contributed by atoms with van der Waals surface area (Å²) < 4.78 is 28.1. The van der Waals surface area contributed by atoms with Crippen LogP contribution in [0.1, 0.15) is 13.8 Å². The summed E-state index contributed by atoms with van der Waals surface area (Å²) in [4.78, 5) is 2.09. The zero-order valence-electron chi connectivity index (χ0n) is 11.3. The minimum atomic E-state index is -3.82. The monoisotopic (exact) mass is 287 g/mol. The molecule has 4 N–H and O–H groups in total. The maximum absolute atomic E-state index is 11.3. The lowest BCUT2D eigenvalue weighted by Crippen LogP contribution is -2.28. The van der Waals surface area contributed by atoms with Crippen LogP contribution in [0, 0.1) is 0 Å². The molecule has 0 aliphatic heterocycles. The second-order valence-corrected chi connectivity index (χ2v) is 5.62. The number of sulfonamides is 1. The molecule has 0 unspecified atom stereocenters. The highest BCUT2D eigenvalue weighted by Gasteiger charge is 2.15. The van der Waals surface area contributed by atoms with Gasteiger partial charge >= 0.3 is 0 Å². The van der Waals surface area contributed by atoms with Crippen LogP contribution < -0.4 is 15.6 Å². The number of nitrogen functional groups attached to an aromatic ring is 1. The minimum absolute atomic E-state index is 0.0598.